The maximum absolute atomic E-state index is 10.7. The van der Waals surface area contributed by atoms with E-state index in [1.54, 1.807) is 0 Å². The van der Waals surface area contributed by atoms with Crippen molar-refractivity contribution in [3.05, 3.63) is 119 Å². The number of benzene rings is 4. The quantitative estimate of drug-likeness (QED) is 0.271. The molecule has 2 aliphatic carbocycles. The molecule has 0 saturated carbocycles. The zero-order valence-corrected chi connectivity index (χ0v) is 23.0. The van der Waals surface area contributed by atoms with Crippen molar-refractivity contribution in [1.82, 2.24) is 0 Å². The Labute approximate surface area is 227 Å². The molecule has 0 fully saturated rings. The number of hydrogen-bond acceptors (Lipinski definition) is 2. The Kier molecular flexibility index (Phi) is 5.72. The van der Waals surface area contributed by atoms with Gasteiger partial charge in [-0.05, 0) is 68.2 Å². The molecule has 0 amide bonds. The third kappa shape index (κ3) is 3.33. The average Bonchev–Trinajstić information content (AvgIpc) is 3.38. The monoisotopic (exact) mass is 502 g/mol. The second-order valence-corrected chi connectivity index (χ2v) is 13.0. The van der Waals surface area contributed by atoms with Crippen molar-refractivity contribution in [3.8, 4) is 22.3 Å². The Bertz CT molecular complexity index is 1300. The lowest BCUT2D eigenvalue weighted by Crippen LogP contribution is -2.53. The fourth-order valence-electron chi connectivity index (χ4n) is 7.80. The summed E-state index contributed by atoms with van der Waals surface area (Å²) in [5.74, 6) is 0. The topological polar surface area (TPSA) is 40.5 Å². The first-order valence-electron chi connectivity index (χ1n) is 13.8. The zero-order chi connectivity index (χ0) is 26.8. The highest BCUT2D eigenvalue weighted by Gasteiger charge is 2.64. The van der Waals surface area contributed by atoms with Crippen molar-refractivity contribution in [2.45, 2.75) is 51.4 Å². The van der Waals surface area contributed by atoms with Crippen LogP contribution in [0.15, 0.2) is 97.1 Å². The summed E-state index contributed by atoms with van der Waals surface area (Å²) in [6.45, 7) is 8.96. The molecule has 0 bridgehead atoms. The second-order valence-electron chi connectivity index (χ2n) is 13.0. The molecule has 0 radical (unpaired) electrons. The van der Waals surface area contributed by atoms with Gasteiger partial charge in [0, 0.05) is 24.0 Å². The van der Waals surface area contributed by atoms with Crippen molar-refractivity contribution < 1.29 is 10.2 Å². The van der Waals surface area contributed by atoms with Crippen molar-refractivity contribution in [2.24, 2.45) is 10.8 Å². The molecular formula is C36H38O2. The highest BCUT2D eigenvalue weighted by Crippen LogP contribution is 2.70. The van der Waals surface area contributed by atoms with Gasteiger partial charge in [-0.2, -0.15) is 0 Å². The van der Waals surface area contributed by atoms with Crippen LogP contribution in [0.2, 0.25) is 0 Å². The Morgan fingerprint density at radius 1 is 0.447 bits per heavy atom. The van der Waals surface area contributed by atoms with Gasteiger partial charge in [0.05, 0.1) is 0 Å². The molecule has 0 unspecified atom stereocenters. The smallest absolute Gasteiger partial charge is 0.0482 e. The molecule has 194 valence electrons. The molecule has 0 heterocycles. The van der Waals surface area contributed by atoms with E-state index in [0.717, 1.165) is 12.8 Å². The van der Waals surface area contributed by atoms with E-state index in [-0.39, 0.29) is 24.0 Å². The van der Waals surface area contributed by atoms with E-state index in [1.165, 1.54) is 44.5 Å². The minimum absolute atomic E-state index is 0.0991. The van der Waals surface area contributed by atoms with Crippen molar-refractivity contribution in [1.29, 1.82) is 0 Å². The standard InChI is InChI=1S/C36H38O2/c1-33(2,23-37)21-35(29-17-9-5-13-25(29)26-14-6-10-18-30(26)35)36(22-34(3,4)24-38)31-19-11-7-15-27(31)28-16-8-12-20-32(28)36/h5-20,37-38H,21-24H2,1-4H3. The van der Waals surface area contributed by atoms with Crippen LogP contribution in [-0.4, -0.2) is 23.4 Å². The molecule has 38 heavy (non-hydrogen) atoms. The van der Waals surface area contributed by atoms with E-state index >= 15 is 0 Å². The summed E-state index contributed by atoms with van der Waals surface area (Å²) in [5, 5.41) is 21.4. The first kappa shape index (κ1) is 25.1. The van der Waals surface area contributed by atoms with Gasteiger partial charge in [0.2, 0.25) is 0 Å². The van der Waals surface area contributed by atoms with Crippen LogP contribution in [0, 0.1) is 10.8 Å². The van der Waals surface area contributed by atoms with Crippen molar-refractivity contribution in [2.75, 3.05) is 13.2 Å². The molecule has 0 aliphatic heterocycles. The molecular weight excluding hydrogens is 464 g/mol. The molecule has 2 aliphatic rings. The molecule has 4 aromatic rings. The van der Waals surface area contributed by atoms with E-state index in [2.05, 4.69) is 125 Å². The Balaban J connectivity index is 1.85. The lowest BCUT2D eigenvalue weighted by Gasteiger charge is -2.54. The first-order chi connectivity index (χ1) is 18.2. The predicted molar refractivity (Wildman–Crippen MR) is 156 cm³/mol. The van der Waals surface area contributed by atoms with Crippen LogP contribution in [0.25, 0.3) is 22.3 Å². The van der Waals surface area contributed by atoms with Crippen LogP contribution in [0.4, 0.5) is 0 Å². The molecule has 6 rings (SSSR count). The van der Waals surface area contributed by atoms with Crippen LogP contribution in [0.3, 0.4) is 0 Å². The van der Waals surface area contributed by atoms with Gasteiger partial charge < -0.3 is 10.2 Å². The number of fused-ring (bicyclic) bond motifs is 6. The highest BCUT2D eigenvalue weighted by molar-refractivity contribution is 5.89. The average molecular weight is 503 g/mol. The van der Waals surface area contributed by atoms with Crippen LogP contribution in [-0.2, 0) is 10.8 Å². The minimum atomic E-state index is -0.457. The third-order valence-electron chi connectivity index (χ3n) is 9.20. The Morgan fingerprint density at radius 2 is 0.684 bits per heavy atom. The minimum Gasteiger partial charge on any atom is -0.396 e. The van der Waals surface area contributed by atoms with Gasteiger partial charge in [0.1, 0.15) is 0 Å². The van der Waals surface area contributed by atoms with Gasteiger partial charge >= 0.3 is 0 Å². The molecule has 4 aromatic carbocycles. The molecule has 2 N–H and O–H groups in total. The largest absolute Gasteiger partial charge is 0.396 e. The maximum atomic E-state index is 10.7. The summed E-state index contributed by atoms with van der Waals surface area (Å²) in [6.07, 6.45) is 1.55. The Morgan fingerprint density at radius 3 is 0.921 bits per heavy atom. The fraction of sp³-hybridized carbons (Fsp3) is 0.333. The van der Waals surface area contributed by atoms with Crippen LogP contribution >= 0.6 is 0 Å². The van der Waals surface area contributed by atoms with Gasteiger partial charge in [-0.1, -0.05) is 125 Å². The predicted octanol–water partition coefficient (Wildman–Crippen LogP) is 7.74. The van der Waals surface area contributed by atoms with Crippen molar-refractivity contribution in [3.63, 3.8) is 0 Å². The number of aliphatic hydroxyl groups excluding tert-OH is 2. The normalized spacial score (nSPS) is 16.5. The number of hydrogen-bond donors (Lipinski definition) is 2. The summed E-state index contributed by atoms with van der Waals surface area (Å²) >= 11 is 0. The van der Waals surface area contributed by atoms with Gasteiger partial charge in [0.25, 0.3) is 0 Å². The fourth-order valence-corrected chi connectivity index (χ4v) is 7.80. The second kappa shape index (κ2) is 8.66. The SMILES string of the molecule is CC(C)(CO)CC1(C2(CC(C)(C)CO)c3ccccc3-c3ccccc32)c2ccccc2-c2ccccc21. The summed E-state index contributed by atoms with van der Waals surface area (Å²) in [6, 6.07) is 35.6. The van der Waals surface area contributed by atoms with Crippen LogP contribution in [0.5, 0.6) is 0 Å². The molecule has 0 spiro atoms. The molecule has 2 nitrogen and oxygen atoms in total. The van der Waals surface area contributed by atoms with Crippen LogP contribution < -0.4 is 0 Å². The molecule has 2 heteroatoms. The van der Waals surface area contributed by atoms with E-state index in [9.17, 15) is 10.2 Å². The number of aliphatic hydroxyl groups is 2. The molecule has 0 atom stereocenters. The Hall–Kier alpha value is -3.20. The number of rotatable bonds is 7. The maximum Gasteiger partial charge on any atom is 0.0482 e. The third-order valence-corrected chi connectivity index (χ3v) is 9.20. The lowest BCUT2D eigenvalue weighted by molar-refractivity contribution is 0.0740. The summed E-state index contributed by atoms with van der Waals surface area (Å²) in [7, 11) is 0. The summed E-state index contributed by atoms with van der Waals surface area (Å²) in [5.41, 5.74) is 8.81. The summed E-state index contributed by atoms with van der Waals surface area (Å²) in [4.78, 5) is 0. The van der Waals surface area contributed by atoms with Gasteiger partial charge in [0.15, 0.2) is 0 Å². The molecule has 0 aromatic heterocycles. The van der Waals surface area contributed by atoms with E-state index in [4.69, 9.17) is 0 Å². The summed E-state index contributed by atoms with van der Waals surface area (Å²) < 4.78 is 0. The lowest BCUT2D eigenvalue weighted by atomic mass is 9.47. The first-order valence-corrected chi connectivity index (χ1v) is 13.8. The molecule has 0 saturated heterocycles. The van der Waals surface area contributed by atoms with Gasteiger partial charge in [-0.3, -0.25) is 0 Å². The van der Waals surface area contributed by atoms with Crippen LogP contribution in [0.1, 0.15) is 62.8 Å². The van der Waals surface area contributed by atoms with E-state index in [0.29, 0.717) is 0 Å². The van der Waals surface area contributed by atoms with Gasteiger partial charge in [-0.15, -0.1) is 0 Å². The zero-order valence-electron chi connectivity index (χ0n) is 23.0. The van der Waals surface area contributed by atoms with Crippen molar-refractivity contribution >= 4 is 0 Å². The highest BCUT2D eigenvalue weighted by atomic mass is 16.3. The van der Waals surface area contributed by atoms with E-state index < -0.39 is 10.8 Å². The van der Waals surface area contributed by atoms with E-state index in [1.807, 2.05) is 0 Å². The van der Waals surface area contributed by atoms with Gasteiger partial charge in [-0.25, -0.2) is 0 Å².